The molecule has 0 amide bonds. The fraction of sp³-hybridized carbons (Fsp3) is 0.500. The fourth-order valence-electron chi connectivity index (χ4n) is 1.17. The summed E-state index contributed by atoms with van der Waals surface area (Å²) in [6.07, 6.45) is 0.418. The minimum absolute atomic E-state index is 0.0560. The van der Waals surface area contributed by atoms with Gasteiger partial charge < -0.3 is 11.1 Å². The summed E-state index contributed by atoms with van der Waals surface area (Å²) in [5, 5.41) is 7.81. The van der Waals surface area contributed by atoms with E-state index in [9.17, 15) is 8.42 Å². The number of nitrogens with one attached hydrogen (secondary N) is 1. The van der Waals surface area contributed by atoms with Gasteiger partial charge in [-0.2, -0.15) is 0 Å². The largest absolute Gasteiger partial charge is 0.384 e. The molecule has 0 unspecified atom stereocenters. The van der Waals surface area contributed by atoms with Gasteiger partial charge in [-0.05, 0) is 13.3 Å². The van der Waals surface area contributed by atoms with Crippen molar-refractivity contribution in [2.75, 3.05) is 23.3 Å². The summed E-state index contributed by atoms with van der Waals surface area (Å²) in [5.74, 6) is 1.47. The summed E-state index contributed by atoms with van der Waals surface area (Å²) >= 11 is 0. The average Bonchev–Trinajstić information content (AvgIpc) is 2.09. The minimum atomic E-state index is -3.39. The van der Waals surface area contributed by atoms with E-state index in [1.807, 2.05) is 0 Å². The summed E-state index contributed by atoms with van der Waals surface area (Å²) in [4.78, 5) is 8.00. The number of aryl methyl sites for hydroxylation is 1. The Balaban J connectivity index is 2.43. The molecule has 90 valence electrons. The van der Waals surface area contributed by atoms with Gasteiger partial charge in [-0.1, -0.05) is 0 Å². The normalized spacial score (nSPS) is 11.4. The van der Waals surface area contributed by atoms with Crippen LogP contribution in [-0.4, -0.2) is 30.7 Å². The zero-order chi connectivity index (χ0) is 12.2. The van der Waals surface area contributed by atoms with Crippen LogP contribution < -0.4 is 16.2 Å². The number of sulfonamides is 1. The highest BCUT2D eigenvalue weighted by atomic mass is 32.2. The van der Waals surface area contributed by atoms with Crippen LogP contribution in [0.5, 0.6) is 0 Å². The van der Waals surface area contributed by atoms with Gasteiger partial charge >= 0.3 is 0 Å². The molecule has 16 heavy (non-hydrogen) atoms. The quantitative estimate of drug-likeness (QED) is 0.598. The number of hydrogen-bond acceptors (Lipinski definition) is 6. The zero-order valence-corrected chi connectivity index (χ0v) is 9.79. The first-order valence-electron chi connectivity index (χ1n) is 4.72. The maximum Gasteiger partial charge on any atom is 0.209 e. The number of aromatic nitrogens is 2. The third-order valence-corrected chi connectivity index (χ3v) is 2.63. The summed E-state index contributed by atoms with van der Waals surface area (Å²) in [6, 6.07) is 1.59. The molecule has 0 atom stereocenters. The maximum atomic E-state index is 10.7. The third-order valence-electron chi connectivity index (χ3n) is 1.77. The minimum Gasteiger partial charge on any atom is -0.384 e. The van der Waals surface area contributed by atoms with Crippen molar-refractivity contribution in [2.24, 2.45) is 5.14 Å². The molecule has 0 saturated heterocycles. The van der Waals surface area contributed by atoms with Gasteiger partial charge in [0.1, 0.15) is 17.5 Å². The van der Waals surface area contributed by atoms with Crippen molar-refractivity contribution < 1.29 is 8.42 Å². The first-order valence-corrected chi connectivity index (χ1v) is 6.44. The maximum absolute atomic E-state index is 10.7. The molecule has 0 aliphatic rings. The summed E-state index contributed by atoms with van der Waals surface area (Å²) < 4.78 is 21.3. The van der Waals surface area contributed by atoms with Crippen LogP contribution in [0.3, 0.4) is 0 Å². The Morgan fingerprint density at radius 3 is 2.69 bits per heavy atom. The third kappa shape index (κ3) is 4.89. The number of nitrogen functional groups attached to an aromatic ring is 1. The highest BCUT2D eigenvalue weighted by Gasteiger charge is 2.02. The second-order valence-electron chi connectivity index (χ2n) is 3.37. The molecule has 8 heteroatoms. The molecule has 0 fully saturated rings. The number of primary sulfonamides is 1. The molecule has 7 nitrogen and oxygen atoms in total. The van der Waals surface area contributed by atoms with Gasteiger partial charge in [-0.25, -0.2) is 23.5 Å². The van der Waals surface area contributed by atoms with Gasteiger partial charge in [0.15, 0.2) is 0 Å². The van der Waals surface area contributed by atoms with E-state index in [1.165, 1.54) is 0 Å². The van der Waals surface area contributed by atoms with Gasteiger partial charge in [-0.15, -0.1) is 0 Å². The highest BCUT2D eigenvalue weighted by Crippen LogP contribution is 2.07. The molecule has 0 aromatic carbocycles. The Kier molecular flexibility index (Phi) is 4.02. The lowest BCUT2D eigenvalue weighted by molar-refractivity contribution is 0.595. The predicted molar refractivity (Wildman–Crippen MR) is 62.3 cm³/mol. The van der Waals surface area contributed by atoms with Crippen LogP contribution >= 0.6 is 0 Å². The molecule has 1 aromatic rings. The Morgan fingerprint density at radius 2 is 2.12 bits per heavy atom. The molecule has 0 aliphatic carbocycles. The first kappa shape index (κ1) is 12.7. The predicted octanol–water partition coefficient (Wildman–Crippen LogP) is -0.542. The smallest absolute Gasteiger partial charge is 0.209 e. The molecule has 5 N–H and O–H groups in total. The van der Waals surface area contributed by atoms with E-state index >= 15 is 0 Å². The van der Waals surface area contributed by atoms with Gasteiger partial charge in [0.2, 0.25) is 10.0 Å². The van der Waals surface area contributed by atoms with Crippen molar-refractivity contribution in [3.8, 4) is 0 Å². The molecule has 1 heterocycles. The average molecular weight is 245 g/mol. The van der Waals surface area contributed by atoms with Crippen LogP contribution in [0.1, 0.15) is 12.2 Å². The molecule has 0 aliphatic heterocycles. The Bertz CT molecular complexity index is 439. The number of rotatable bonds is 5. The van der Waals surface area contributed by atoms with E-state index in [1.54, 1.807) is 13.0 Å². The first-order chi connectivity index (χ1) is 7.37. The lowest BCUT2D eigenvalue weighted by Gasteiger charge is -2.06. The van der Waals surface area contributed by atoms with Crippen molar-refractivity contribution in [2.45, 2.75) is 13.3 Å². The second-order valence-corrected chi connectivity index (χ2v) is 5.11. The standard InChI is InChI=1S/C8H15N5O2S/c1-6-12-7(9)5-8(13-6)11-3-2-4-16(10,14)15/h5H,2-4H2,1H3,(H2,10,14,15)(H3,9,11,12,13). The molecule has 0 radical (unpaired) electrons. The number of anilines is 2. The second kappa shape index (κ2) is 5.08. The zero-order valence-electron chi connectivity index (χ0n) is 8.97. The lowest BCUT2D eigenvalue weighted by atomic mass is 10.4. The summed E-state index contributed by atoms with van der Waals surface area (Å²) in [5.41, 5.74) is 5.53. The van der Waals surface area contributed by atoms with E-state index in [0.717, 1.165) is 0 Å². The molecule has 1 aromatic heterocycles. The fourth-order valence-corrected chi connectivity index (χ4v) is 1.72. The van der Waals surface area contributed by atoms with Crippen LogP contribution in [0.4, 0.5) is 11.6 Å². The van der Waals surface area contributed by atoms with Gasteiger partial charge in [0, 0.05) is 12.6 Å². The Morgan fingerprint density at radius 1 is 1.44 bits per heavy atom. The molecule has 0 spiro atoms. The van der Waals surface area contributed by atoms with E-state index in [0.29, 0.717) is 30.4 Å². The van der Waals surface area contributed by atoms with Crippen molar-refractivity contribution in [3.63, 3.8) is 0 Å². The monoisotopic (exact) mass is 245 g/mol. The Hall–Kier alpha value is -1.41. The molecular formula is C8H15N5O2S. The van der Waals surface area contributed by atoms with Crippen molar-refractivity contribution in [3.05, 3.63) is 11.9 Å². The number of nitrogens with two attached hydrogens (primary N) is 2. The van der Waals surface area contributed by atoms with Crippen LogP contribution in [0, 0.1) is 6.92 Å². The topological polar surface area (TPSA) is 124 Å². The van der Waals surface area contributed by atoms with Crippen LogP contribution in [0.2, 0.25) is 0 Å². The summed E-state index contributed by atoms with van der Waals surface area (Å²) in [6.45, 7) is 2.19. The SMILES string of the molecule is Cc1nc(N)cc(NCCCS(N)(=O)=O)n1. The van der Waals surface area contributed by atoms with Crippen molar-refractivity contribution >= 4 is 21.7 Å². The Labute approximate surface area is 94.3 Å². The van der Waals surface area contributed by atoms with Crippen LogP contribution in [0.15, 0.2) is 6.07 Å². The van der Waals surface area contributed by atoms with Crippen LogP contribution in [0.25, 0.3) is 0 Å². The van der Waals surface area contributed by atoms with E-state index < -0.39 is 10.0 Å². The van der Waals surface area contributed by atoms with E-state index in [-0.39, 0.29) is 5.75 Å². The molecular weight excluding hydrogens is 230 g/mol. The van der Waals surface area contributed by atoms with Gasteiger partial charge in [-0.3, -0.25) is 0 Å². The molecule has 1 rings (SSSR count). The van der Waals surface area contributed by atoms with Gasteiger partial charge in [0.05, 0.1) is 5.75 Å². The van der Waals surface area contributed by atoms with E-state index in [4.69, 9.17) is 10.9 Å². The van der Waals surface area contributed by atoms with Crippen molar-refractivity contribution in [1.82, 2.24) is 9.97 Å². The van der Waals surface area contributed by atoms with Crippen LogP contribution in [-0.2, 0) is 10.0 Å². The van der Waals surface area contributed by atoms with Gasteiger partial charge in [0.25, 0.3) is 0 Å². The number of hydrogen-bond donors (Lipinski definition) is 3. The van der Waals surface area contributed by atoms with Crippen molar-refractivity contribution in [1.29, 1.82) is 0 Å². The molecule has 0 bridgehead atoms. The number of nitrogens with zero attached hydrogens (tertiary/aromatic N) is 2. The highest BCUT2D eigenvalue weighted by molar-refractivity contribution is 7.89. The van der Waals surface area contributed by atoms with E-state index in [2.05, 4.69) is 15.3 Å². The molecule has 0 saturated carbocycles. The summed E-state index contributed by atoms with van der Waals surface area (Å²) in [7, 11) is -3.39. The lowest BCUT2D eigenvalue weighted by Crippen LogP contribution is -2.19.